The van der Waals surface area contributed by atoms with Crippen molar-refractivity contribution < 1.29 is 14.3 Å². The molecule has 150 valence electrons. The number of carbonyl (C=O) groups is 2. The minimum atomic E-state index is -0.347. The molecule has 2 N–H and O–H groups in total. The lowest BCUT2D eigenvalue weighted by Gasteiger charge is -2.27. The second-order valence-corrected chi connectivity index (χ2v) is 7.05. The Morgan fingerprint density at radius 2 is 1.76 bits per heavy atom. The highest BCUT2D eigenvalue weighted by atomic mass is 32.1. The summed E-state index contributed by atoms with van der Waals surface area (Å²) in [4.78, 5) is 26.7. The fourth-order valence-corrected chi connectivity index (χ4v) is 3.08. The molecule has 29 heavy (non-hydrogen) atoms. The molecule has 0 aromatic heterocycles. The lowest BCUT2D eigenvalue weighted by molar-refractivity contribution is -0.115. The van der Waals surface area contributed by atoms with Gasteiger partial charge < -0.3 is 15.0 Å². The van der Waals surface area contributed by atoms with Crippen LogP contribution in [0, 0.1) is 6.92 Å². The molecule has 7 heteroatoms. The number of para-hydroxylation sites is 1. The highest BCUT2D eigenvalue weighted by Crippen LogP contribution is 2.18. The molecule has 6 nitrogen and oxygen atoms in total. The van der Waals surface area contributed by atoms with Gasteiger partial charge in [0, 0.05) is 19.2 Å². The summed E-state index contributed by atoms with van der Waals surface area (Å²) < 4.78 is 5.30. The van der Waals surface area contributed by atoms with Crippen LogP contribution >= 0.6 is 12.2 Å². The second-order valence-electron chi connectivity index (χ2n) is 6.64. The van der Waals surface area contributed by atoms with Crippen LogP contribution in [-0.2, 0) is 9.53 Å². The van der Waals surface area contributed by atoms with Gasteiger partial charge in [-0.3, -0.25) is 14.9 Å². The summed E-state index contributed by atoms with van der Waals surface area (Å²) in [6.07, 6.45) is 3.14. The van der Waals surface area contributed by atoms with E-state index < -0.39 is 0 Å². The van der Waals surface area contributed by atoms with Gasteiger partial charge in [0.25, 0.3) is 5.91 Å². The van der Waals surface area contributed by atoms with Crippen LogP contribution in [0.4, 0.5) is 5.69 Å². The van der Waals surface area contributed by atoms with Gasteiger partial charge in [-0.05, 0) is 42.9 Å². The minimum absolute atomic E-state index is 0.0928. The first-order valence-electron chi connectivity index (χ1n) is 9.36. The van der Waals surface area contributed by atoms with Crippen LogP contribution in [0.5, 0.6) is 0 Å². The Labute approximate surface area is 175 Å². The van der Waals surface area contributed by atoms with Crippen LogP contribution in [-0.4, -0.2) is 48.1 Å². The molecule has 0 bridgehead atoms. The first-order valence-corrected chi connectivity index (χ1v) is 9.76. The largest absolute Gasteiger partial charge is 0.378 e. The number of nitrogens with one attached hydrogen (secondary N) is 2. The van der Waals surface area contributed by atoms with E-state index in [9.17, 15) is 9.59 Å². The predicted molar refractivity (Wildman–Crippen MR) is 118 cm³/mol. The van der Waals surface area contributed by atoms with E-state index in [1.165, 1.54) is 6.08 Å². The lowest BCUT2D eigenvalue weighted by atomic mass is 10.1. The zero-order chi connectivity index (χ0) is 20.6. The van der Waals surface area contributed by atoms with Crippen molar-refractivity contribution >= 4 is 40.9 Å². The van der Waals surface area contributed by atoms with Gasteiger partial charge in [0.15, 0.2) is 5.11 Å². The van der Waals surface area contributed by atoms with Crippen molar-refractivity contribution in [1.82, 2.24) is 10.2 Å². The third kappa shape index (κ3) is 5.97. The average Bonchev–Trinajstić information content (AvgIpc) is 2.74. The quantitative estimate of drug-likeness (QED) is 0.600. The number of benzene rings is 2. The Balaban J connectivity index is 1.61. The summed E-state index contributed by atoms with van der Waals surface area (Å²) in [5, 5.41) is 5.69. The number of hydrogen-bond donors (Lipinski definition) is 2. The van der Waals surface area contributed by atoms with Gasteiger partial charge in [0.05, 0.1) is 24.5 Å². The van der Waals surface area contributed by atoms with E-state index in [0.717, 1.165) is 11.1 Å². The van der Waals surface area contributed by atoms with E-state index in [-0.39, 0.29) is 16.9 Å². The smallest absolute Gasteiger partial charge is 0.256 e. The summed E-state index contributed by atoms with van der Waals surface area (Å²) >= 11 is 5.24. The van der Waals surface area contributed by atoms with Gasteiger partial charge in [-0.15, -0.1) is 0 Å². The maximum absolute atomic E-state index is 12.8. The normalized spacial score (nSPS) is 13.9. The summed E-state index contributed by atoms with van der Waals surface area (Å²) in [5.74, 6) is -0.440. The summed E-state index contributed by atoms with van der Waals surface area (Å²) in [7, 11) is 0. The van der Waals surface area contributed by atoms with Crippen molar-refractivity contribution in [3.63, 3.8) is 0 Å². The SMILES string of the molecule is Cc1ccc(/C=C/C(=O)NC(=S)Nc2ccccc2C(=O)N2CCOCC2)cc1. The number of aryl methyl sites for hydroxylation is 1. The summed E-state index contributed by atoms with van der Waals surface area (Å²) in [5.41, 5.74) is 3.13. The van der Waals surface area contributed by atoms with Crippen LogP contribution in [0.1, 0.15) is 21.5 Å². The van der Waals surface area contributed by atoms with E-state index in [1.54, 1.807) is 35.2 Å². The maximum Gasteiger partial charge on any atom is 0.256 e. The van der Waals surface area contributed by atoms with Crippen LogP contribution in [0.3, 0.4) is 0 Å². The minimum Gasteiger partial charge on any atom is -0.378 e. The molecule has 1 aliphatic rings. The van der Waals surface area contributed by atoms with Gasteiger partial charge in [0.2, 0.25) is 5.91 Å². The highest BCUT2D eigenvalue weighted by Gasteiger charge is 2.21. The maximum atomic E-state index is 12.8. The van der Waals surface area contributed by atoms with E-state index in [4.69, 9.17) is 17.0 Å². The monoisotopic (exact) mass is 409 g/mol. The van der Waals surface area contributed by atoms with Gasteiger partial charge in [-0.2, -0.15) is 0 Å². The van der Waals surface area contributed by atoms with Crippen molar-refractivity contribution in [3.8, 4) is 0 Å². The van der Waals surface area contributed by atoms with Gasteiger partial charge in [-0.1, -0.05) is 42.0 Å². The molecule has 1 fully saturated rings. The third-order valence-electron chi connectivity index (χ3n) is 4.45. The van der Waals surface area contributed by atoms with Gasteiger partial charge in [-0.25, -0.2) is 0 Å². The van der Waals surface area contributed by atoms with Crippen molar-refractivity contribution in [2.24, 2.45) is 0 Å². The number of hydrogen-bond acceptors (Lipinski definition) is 4. The van der Waals surface area contributed by atoms with E-state index in [0.29, 0.717) is 37.6 Å². The predicted octanol–water partition coefficient (Wildman–Crippen LogP) is 2.99. The molecule has 0 aliphatic carbocycles. The Morgan fingerprint density at radius 3 is 2.48 bits per heavy atom. The Bertz CT molecular complexity index is 919. The molecule has 3 rings (SSSR count). The highest BCUT2D eigenvalue weighted by molar-refractivity contribution is 7.80. The molecule has 2 aromatic carbocycles. The van der Waals surface area contributed by atoms with Crippen LogP contribution < -0.4 is 10.6 Å². The van der Waals surface area contributed by atoms with Gasteiger partial charge in [0.1, 0.15) is 0 Å². The van der Waals surface area contributed by atoms with Crippen LogP contribution in [0.15, 0.2) is 54.6 Å². The topological polar surface area (TPSA) is 70.7 Å². The number of ether oxygens (including phenoxy) is 1. The van der Waals surface area contributed by atoms with Crippen molar-refractivity contribution in [1.29, 1.82) is 0 Å². The number of morpholine rings is 1. The molecule has 1 aliphatic heterocycles. The van der Waals surface area contributed by atoms with Crippen molar-refractivity contribution in [2.75, 3.05) is 31.6 Å². The molecule has 2 amide bonds. The number of nitrogens with zero attached hydrogens (tertiary/aromatic N) is 1. The fourth-order valence-electron chi connectivity index (χ4n) is 2.87. The lowest BCUT2D eigenvalue weighted by Crippen LogP contribution is -2.41. The Hall–Kier alpha value is -3.03. The van der Waals surface area contributed by atoms with Crippen molar-refractivity contribution in [2.45, 2.75) is 6.92 Å². The number of anilines is 1. The van der Waals surface area contributed by atoms with E-state index >= 15 is 0 Å². The fraction of sp³-hybridized carbons (Fsp3) is 0.227. The second kappa shape index (κ2) is 9.95. The zero-order valence-electron chi connectivity index (χ0n) is 16.2. The number of amides is 2. The first kappa shape index (κ1) is 20.7. The molecular formula is C22H23N3O3S. The van der Waals surface area contributed by atoms with Gasteiger partial charge >= 0.3 is 0 Å². The number of thiocarbonyl (C=S) groups is 1. The molecule has 0 spiro atoms. The molecular weight excluding hydrogens is 386 g/mol. The molecule has 0 radical (unpaired) electrons. The summed E-state index contributed by atoms with van der Waals surface area (Å²) in [6, 6.07) is 14.9. The van der Waals surface area contributed by atoms with E-state index in [2.05, 4.69) is 10.6 Å². The van der Waals surface area contributed by atoms with Crippen LogP contribution in [0.2, 0.25) is 0 Å². The summed E-state index contributed by atoms with van der Waals surface area (Å²) in [6.45, 7) is 4.18. The zero-order valence-corrected chi connectivity index (χ0v) is 17.0. The first-order chi connectivity index (χ1) is 14.0. The molecule has 1 saturated heterocycles. The Morgan fingerprint density at radius 1 is 1.07 bits per heavy atom. The number of carbonyl (C=O) groups excluding carboxylic acids is 2. The standard InChI is InChI=1S/C22H23N3O3S/c1-16-6-8-17(9-7-16)10-11-20(26)24-22(29)23-19-5-3-2-4-18(19)21(27)25-12-14-28-15-13-25/h2-11H,12-15H2,1H3,(H2,23,24,26,29)/b11-10+. The molecule has 0 unspecified atom stereocenters. The molecule has 0 saturated carbocycles. The van der Waals surface area contributed by atoms with Crippen molar-refractivity contribution in [3.05, 3.63) is 71.3 Å². The molecule has 0 atom stereocenters. The molecule has 2 aromatic rings. The Kier molecular flexibility index (Phi) is 7.10. The molecule has 1 heterocycles. The number of rotatable bonds is 4. The third-order valence-corrected chi connectivity index (χ3v) is 4.65. The average molecular weight is 410 g/mol. The van der Waals surface area contributed by atoms with E-state index in [1.807, 2.05) is 31.2 Å². The van der Waals surface area contributed by atoms with Crippen LogP contribution in [0.25, 0.3) is 6.08 Å².